The second-order valence-corrected chi connectivity index (χ2v) is 4.63. The molecule has 0 amide bonds. The van der Waals surface area contributed by atoms with Gasteiger partial charge in [-0.2, -0.15) is 0 Å². The Labute approximate surface area is 123 Å². The summed E-state index contributed by atoms with van der Waals surface area (Å²) in [6.45, 7) is 4.01. The summed E-state index contributed by atoms with van der Waals surface area (Å²) in [7, 11) is 0. The third kappa shape index (κ3) is 3.15. The Morgan fingerprint density at radius 1 is 0.905 bits per heavy atom. The first-order chi connectivity index (χ1) is 10.3. The van der Waals surface area contributed by atoms with Crippen LogP contribution in [-0.2, 0) is 0 Å². The molecule has 0 aliphatic heterocycles. The van der Waals surface area contributed by atoms with Crippen molar-refractivity contribution >= 4 is 17.7 Å². The van der Waals surface area contributed by atoms with Gasteiger partial charge in [0.1, 0.15) is 5.69 Å². The van der Waals surface area contributed by atoms with Crippen molar-refractivity contribution in [2.24, 2.45) is 0 Å². The van der Waals surface area contributed by atoms with E-state index < -0.39 is 0 Å². The maximum atomic E-state index is 4.74. The fourth-order valence-electron chi connectivity index (χ4n) is 2.00. The first kappa shape index (κ1) is 13.1. The minimum absolute atomic E-state index is 0.655. The zero-order chi connectivity index (χ0) is 14.5. The number of aromatic nitrogens is 2. The maximum absolute atomic E-state index is 4.74. The standard InChI is InChI=1S/C18H14N2O/c1-14(18-13-21-20-19-18)17-11-9-16(10-12-17)8-7-15-5-3-2-4-6-15/h2-13H,1H2. The highest BCUT2D eigenvalue weighted by Gasteiger charge is 2.05. The lowest BCUT2D eigenvalue weighted by Crippen LogP contribution is -1.86. The van der Waals surface area contributed by atoms with E-state index in [1.54, 1.807) is 0 Å². The van der Waals surface area contributed by atoms with Crippen molar-refractivity contribution < 1.29 is 4.52 Å². The average Bonchev–Trinajstić information content (AvgIpc) is 3.08. The summed E-state index contributed by atoms with van der Waals surface area (Å²) in [5, 5.41) is 7.31. The average molecular weight is 274 g/mol. The van der Waals surface area contributed by atoms with Crippen LogP contribution < -0.4 is 0 Å². The Morgan fingerprint density at radius 2 is 1.57 bits per heavy atom. The van der Waals surface area contributed by atoms with Crippen molar-refractivity contribution in [2.45, 2.75) is 0 Å². The van der Waals surface area contributed by atoms with Crippen LogP contribution in [0, 0.1) is 0 Å². The third-order valence-electron chi connectivity index (χ3n) is 3.20. The van der Waals surface area contributed by atoms with Gasteiger partial charge < -0.3 is 4.52 Å². The lowest BCUT2D eigenvalue weighted by molar-refractivity contribution is 0.393. The van der Waals surface area contributed by atoms with Crippen LogP contribution in [0.1, 0.15) is 22.4 Å². The van der Waals surface area contributed by atoms with E-state index in [0.717, 1.165) is 16.7 Å². The molecule has 0 fully saturated rings. The molecule has 21 heavy (non-hydrogen) atoms. The number of hydrogen-bond donors (Lipinski definition) is 0. The molecule has 0 aliphatic rings. The molecule has 0 aliphatic carbocycles. The Morgan fingerprint density at radius 3 is 2.19 bits per heavy atom. The molecule has 0 N–H and O–H groups in total. The molecule has 3 rings (SSSR count). The summed E-state index contributed by atoms with van der Waals surface area (Å²) in [6, 6.07) is 18.3. The van der Waals surface area contributed by atoms with Crippen LogP contribution in [0.4, 0.5) is 0 Å². The summed E-state index contributed by atoms with van der Waals surface area (Å²) in [4.78, 5) is 0. The van der Waals surface area contributed by atoms with Gasteiger partial charge >= 0.3 is 0 Å². The molecule has 3 nitrogen and oxygen atoms in total. The second kappa shape index (κ2) is 6.01. The topological polar surface area (TPSA) is 38.9 Å². The molecule has 0 radical (unpaired) electrons. The fourth-order valence-corrected chi connectivity index (χ4v) is 2.00. The molecule has 0 unspecified atom stereocenters. The molecule has 2 aromatic carbocycles. The predicted octanol–water partition coefficient (Wildman–Crippen LogP) is 4.30. The third-order valence-corrected chi connectivity index (χ3v) is 3.20. The molecule has 3 aromatic rings. The van der Waals surface area contributed by atoms with Gasteiger partial charge in [-0.15, -0.1) is 5.10 Å². The minimum Gasteiger partial charge on any atom is -0.345 e. The summed E-state index contributed by atoms with van der Waals surface area (Å²) in [5.74, 6) is 0. The normalized spacial score (nSPS) is 10.9. The molecule has 0 saturated carbocycles. The van der Waals surface area contributed by atoms with Gasteiger partial charge in [-0.3, -0.25) is 0 Å². The predicted molar refractivity (Wildman–Crippen MR) is 84.2 cm³/mol. The van der Waals surface area contributed by atoms with Gasteiger partial charge in [-0.1, -0.05) is 73.3 Å². The van der Waals surface area contributed by atoms with E-state index in [9.17, 15) is 0 Å². The monoisotopic (exact) mass is 274 g/mol. The molecular weight excluding hydrogens is 260 g/mol. The van der Waals surface area contributed by atoms with Crippen molar-refractivity contribution in [3.63, 3.8) is 0 Å². The summed E-state index contributed by atoms with van der Waals surface area (Å²) >= 11 is 0. The van der Waals surface area contributed by atoms with Crippen LogP contribution in [0.3, 0.4) is 0 Å². The number of nitrogens with zero attached hydrogens (tertiary/aromatic N) is 2. The van der Waals surface area contributed by atoms with Gasteiger partial charge in [-0.05, 0) is 16.7 Å². The highest BCUT2D eigenvalue weighted by Crippen LogP contribution is 2.20. The fraction of sp³-hybridized carbons (Fsp3) is 0. The van der Waals surface area contributed by atoms with Gasteiger partial charge in [-0.25, -0.2) is 0 Å². The molecule has 0 bridgehead atoms. The highest BCUT2D eigenvalue weighted by molar-refractivity contribution is 5.77. The maximum Gasteiger partial charge on any atom is 0.152 e. The molecular formula is C18H14N2O. The lowest BCUT2D eigenvalue weighted by atomic mass is 10.0. The second-order valence-electron chi connectivity index (χ2n) is 4.63. The van der Waals surface area contributed by atoms with Crippen molar-refractivity contribution in [1.82, 2.24) is 10.4 Å². The number of rotatable bonds is 4. The van der Waals surface area contributed by atoms with Crippen LogP contribution in [0.2, 0.25) is 0 Å². The molecule has 0 saturated heterocycles. The van der Waals surface area contributed by atoms with Crippen molar-refractivity contribution in [3.8, 4) is 0 Å². The number of hydrogen-bond acceptors (Lipinski definition) is 3. The first-order valence-corrected chi connectivity index (χ1v) is 6.63. The lowest BCUT2D eigenvalue weighted by Gasteiger charge is -2.02. The molecule has 1 aromatic heterocycles. The van der Waals surface area contributed by atoms with Crippen molar-refractivity contribution in [2.75, 3.05) is 0 Å². The van der Waals surface area contributed by atoms with Gasteiger partial charge in [0.25, 0.3) is 0 Å². The SMILES string of the molecule is C=C(c1ccc(C=Cc2ccccc2)cc1)c1conn1. The van der Waals surface area contributed by atoms with E-state index >= 15 is 0 Å². The van der Waals surface area contributed by atoms with Gasteiger partial charge in [0, 0.05) is 10.8 Å². The van der Waals surface area contributed by atoms with Crippen molar-refractivity contribution in [3.05, 3.63) is 89.8 Å². The number of benzene rings is 2. The van der Waals surface area contributed by atoms with Crippen molar-refractivity contribution in [1.29, 1.82) is 0 Å². The van der Waals surface area contributed by atoms with Gasteiger partial charge in [0.05, 0.1) is 0 Å². The highest BCUT2D eigenvalue weighted by atomic mass is 16.5. The quantitative estimate of drug-likeness (QED) is 0.666. The van der Waals surface area contributed by atoms with E-state index in [0.29, 0.717) is 5.69 Å². The van der Waals surface area contributed by atoms with E-state index in [1.165, 1.54) is 11.8 Å². The molecule has 102 valence electrons. The minimum atomic E-state index is 0.655. The van der Waals surface area contributed by atoms with Gasteiger partial charge in [0.15, 0.2) is 6.26 Å². The van der Waals surface area contributed by atoms with Crippen LogP contribution in [-0.4, -0.2) is 10.4 Å². The van der Waals surface area contributed by atoms with Gasteiger partial charge in [0.2, 0.25) is 0 Å². The van der Waals surface area contributed by atoms with E-state index in [4.69, 9.17) is 4.52 Å². The Balaban J connectivity index is 1.75. The van der Waals surface area contributed by atoms with Crippen LogP contribution in [0.25, 0.3) is 17.7 Å². The largest absolute Gasteiger partial charge is 0.345 e. The van der Waals surface area contributed by atoms with E-state index in [2.05, 4.69) is 41.2 Å². The summed E-state index contributed by atoms with van der Waals surface area (Å²) in [6.07, 6.45) is 5.66. The zero-order valence-corrected chi connectivity index (χ0v) is 11.4. The van der Waals surface area contributed by atoms with E-state index in [-0.39, 0.29) is 0 Å². The van der Waals surface area contributed by atoms with E-state index in [1.807, 2.05) is 42.5 Å². The molecule has 1 heterocycles. The smallest absolute Gasteiger partial charge is 0.152 e. The van der Waals surface area contributed by atoms with Crippen LogP contribution >= 0.6 is 0 Å². The Hall–Kier alpha value is -2.94. The zero-order valence-electron chi connectivity index (χ0n) is 11.4. The molecule has 0 atom stereocenters. The first-order valence-electron chi connectivity index (χ1n) is 6.63. The summed E-state index contributed by atoms with van der Waals surface area (Å²) in [5.41, 5.74) is 4.77. The Bertz CT molecular complexity index is 742. The van der Waals surface area contributed by atoms with Crippen LogP contribution in [0.5, 0.6) is 0 Å². The van der Waals surface area contributed by atoms with Crippen LogP contribution in [0.15, 0.2) is 72.0 Å². The Kier molecular flexibility index (Phi) is 3.74. The molecule has 3 heteroatoms. The summed E-state index contributed by atoms with van der Waals surface area (Å²) < 4.78 is 4.74. The molecule has 0 spiro atoms.